The number of furan rings is 1. The second-order valence-electron chi connectivity index (χ2n) is 8.04. The van der Waals surface area contributed by atoms with Gasteiger partial charge in [-0.3, -0.25) is 4.79 Å². The van der Waals surface area contributed by atoms with Crippen molar-refractivity contribution in [3.8, 4) is 0 Å². The topological polar surface area (TPSA) is 51.9 Å². The van der Waals surface area contributed by atoms with E-state index in [0.717, 1.165) is 51.5 Å². The molecule has 3 aliphatic rings. The zero-order valence-electron chi connectivity index (χ0n) is 15.2. The first-order chi connectivity index (χ1) is 12.2. The summed E-state index contributed by atoms with van der Waals surface area (Å²) in [6.07, 6.45) is 8.79. The van der Waals surface area contributed by atoms with Crippen molar-refractivity contribution in [3.63, 3.8) is 0 Å². The quantitative estimate of drug-likeness (QED) is 0.819. The number of carbonyl (C=O) groups is 1. The summed E-state index contributed by atoms with van der Waals surface area (Å²) in [5.74, 6) is 1.52. The molecule has 138 valence electrons. The molecule has 0 radical (unpaired) electrons. The molecular formula is C20H29NO4. The van der Waals surface area contributed by atoms with Gasteiger partial charge in [-0.1, -0.05) is 6.42 Å². The molecule has 3 heterocycles. The zero-order valence-corrected chi connectivity index (χ0v) is 15.2. The molecule has 5 heteroatoms. The Bertz CT molecular complexity index is 609. The van der Waals surface area contributed by atoms with E-state index in [-0.39, 0.29) is 17.4 Å². The molecule has 1 saturated carbocycles. The number of carbonyl (C=O) groups excluding carboxylic acids is 1. The van der Waals surface area contributed by atoms with Gasteiger partial charge in [-0.15, -0.1) is 0 Å². The molecule has 4 rings (SSSR count). The lowest BCUT2D eigenvalue weighted by atomic mass is 9.72. The summed E-state index contributed by atoms with van der Waals surface area (Å²) >= 11 is 0. The first kappa shape index (κ1) is 17.1. The molecular weight excluding hydrogens is 318 g/mol. The van der Waals surface area contributed by atoms with Gasteiger partial charge in [0.25, 0.3) is 5.91 Å². The number of rotatable bonds is 5. The number of hydrogen-bond donors (Lipinski definition) is 0. The number of likely N-dealkylation sites (tertiary alicyclic amines) is 1. The Balaban J connectivity index is 1.45. The third-order valence-corrected chi connectivity index (χ3v) is 6.33. The van der Waals surface area contributed by atoms with Gasteiger partial charge in [0.05, 0.1) is 24.5 Å². The largest absolute Gasteiger partial charge is 0.469 e. The molecule has 3 fully saturated rings. The Morgan fingerprint density at radius 1 is 1.36 bits per heavy atom. The van der Waals surface area contributed by atoms with Gasteiger partial charge in [0.15, 0.2) is 0 Å². The monoisotopic (exact) mass is 347 g/mol. The molecule has 25 heavy (non-hydrogen) atoms. The van der Waals surface area contributed by atoms with Gasteiger partial charge in [0.1, 0.15) is 5.76 Å². The van der Waals surface area contributed by atoms with Gasteiger partial charge in [-0.05, 0) is 51.0 Å². The fourth-order valence-corrected chi connectivity index (χ4v) is 4.54. The van der Waals surface area contributed by atoms with E-state index in [1.165, 1.54) is 19.3 Å². The van der Waals surface area contributed by atoms with Crippen LogP contribution < -0.4 is 0 Å². The fraction of sp³-hybridized carbons (Fsp3) is 0.750. The Kier molecular flexibility index (Phi) is 4.87. The minimum Gasteiger partial charge on any atom is -0.469 e. The maximum absolute atomic E-state index is 12.9. The normalized spacial score (nSPS) is 30.0. The third-order valence-electron chi connectivity index (χ3n) is 6.33. The van der Waals surface area contributed by atoms with Crippen LogP contribution in [0.5, 0.6) is 0 Å². The van der Waals surface area contributed by atoms with Crippen molar-refractivity contribution in [1.82, 2.24) is 4.90 Å². The van der Waals surface area contributed by atoms with Crippen LogP contribution in [0.15, 0.2) is 16.7 Å². The minimum atomic E-state index is -0.0481. The van der Waals surface area contributed by atoms with Crippen LogP contribution in [0.1, 0.15) is 54.6 Å². The Hall–Kier alpha value is -1.33. The summed E-state index contributed by atoms with van der Waals surface area (Å²) < 4.78 is 17.6. The van der Waals surface area contributed by atoms with Crippen molar-refractivity contribution in [2.24, 2.45) is 11.3 Å². The molecule has 2 aliphatic heterocycles. The first-order valence-electron chi connectivity index (χ1n) is 9.71. The number of amides is 1. The lowest BCUT2D eigenvalue weighted by Gasteiger charge is -2.50. The van der Waals surface area contributed by atoms with Crippen LogP contribution in [0, 0.1) is 18.3 Å². The highest BCUT2D eigenvalue weighted by molar-refractivity contribution is 5.95. The Labute approximate surface area is 149 Å². The summed E-state index contributed by atoms with van der Waals surface area (Å²) in [6.45, 7) is 5.74. The molecule has 1 aromatic heterocycles. The molecule has 2 atom stereocenters. The summed E-state index contributed by atoms with van der Waals surface area (Å²) in [5, 5.41) is 0. The van der Waals surface area contributed by atoms with Gasteiger partial charge in [0.2, 0.25) is 0 Å². The smallest absolute Gasteiger partial charge is 0.257 e. The predicted octanol–water partition coefficient (Wildman–Crippen LogP) is 3.42. The molecule has 0 bridgehead atoms. The molecule has 0 unspecified atom stereocenters. The van der Waals surface area contributed by atoms with Crippen molar-refractivity contribution in [1.29, 1.82) is 0 Å². The second kappa shape index (κ2) is 7.12. The SMILES string of the molecule is Cc1occc1C(=O)N1CC[C@H]2OCCC[C@]2(COCC2CCC2)C1. The van der Waals surface area contributed by atoms with Gasteiger partial charge in [-0.2, -0.15) is 0 Å². The van der Waals surface area contributed by atoms with E-state index in [4.69, 9.17) is 13.9 Å². The van der Waals surface area contributed by atoms with Crippen LogP contribution >= 0.6 is 0 Å². The molecule has 1 aromatic rings. The number of aryl methyl sites for hydroxylation is 1. The van der Waals surface area contributed by atoms with E-state index in [2.05, 4.69) is 0 Å². The summed E-state index contributed by atoms with van der Waals surface area (Å²) in [7, 11) is 0. The van der Waals surface area contributed by atoms with E-state index in [9.17, 15) is 4.79 Å². The van der Waals surface area contributed by atoms with Crippen LogP contribution in [-0.4, -0.2) is 49.8 Å². The van der Waals surface area contributed by atoms with E-state index >= 15 is 0 Å². The standard InChI is InChI=1S/C20H29NO4/c1-15-17(7-11-24-15)19(22)21-9-6-18-20(13-21,8-3-10-25-18)14-23-12-16-4-2-5-16/h7,11,16,18H,2-6,8-10,12-14H2,1H3/t18-,20-/m1/s1. The van der Waals surface area contributed by atoms with Gasteiger partial charge >= 0.3 is 0 Å². The summed E-state index contributed by atoms with van der Waals surface area (Å²) in [6, 6.07) is 1.78. The highest BCUT2D eigenvalue weighted by Crippen LogP contribution is 2.41. The fourth-order valence-electron chi connectivity index (χ4n) is 4.54. The van der Waals surface area contributed by atoms with Crippen LogP contribution in [-0.2, 0) is 9.47 Å². The number of nitrogens with zero attached hydrogens (tertiary/aromatic N) is 1. The van der Waals surface area contributed by atoms with Gasteiger partial charge in [0, 0.05) is 31.7 Å². The van der Waals surface area contributed by atoms with Crippen molar-refractivity contribution in [2.45, 2.75) is 51.6 Å². The van der Waals surface area contributed by atoms with Crippen LogP contribution in [0.3, 0.4) is 0 Å². The summed E-state index contributed by atoms with van der Waals surface area (Å²) in [5.41, 5.74) is 0.633. The van der Waals surface area contributed by atoms with Crippen molar-refractivity contribution in [2.75, 3.05) is 32.9 Å². The van der Waals surface area contributed by atoms with Crippen molar-refractivity contribution < 1.29 is 18.7 Å². The predicted molar refractivity (Wildman–Crippen MR) is 93.5 cm³/mol. The van der Waals surface area contributed by atoms with Crippen molar-refractivity contribution >= 4 is 5.91 Å². The van der Waals surface area contributed by atoms with Crippen LogP contribution in [0.2, 0.25) is 0 Å². The van der Waals surface area contributed by atoms with E-state index < -0.39 is 0 Å². The second-order valence-corrected chi connectivity index (χ2v) is 8.04. The first-order valence-corrected chi connectivity index (χ1v) is 9.71. The highest BCUT2D eigenvalue weighted by Gasteiger charge is 2.47. The minimum absolute atomic E-state index is 0.0481. The number of fused-ring (bicyclic) bond motifs is 1. The average Bonchev–Trinajstić information content (AvgIpc) is 3.02. The maximum Gasteiger partial charge on any atom is 0.257 e. The Morgan fingerprint density at radius 2 is 2.24 bits per heavy atom. The molecule has 2 saturated heterocycles. The molecule has 1 aliphatic carbocycles. The highest BCUT2D eigenvalue weighted by atomic mass is 16.5. The number of ether oxygens (including phenoxy) is 2. The van der Waals surface area contributed by atoms with E-state index in [1.807, 2.05) is 11.8 Å². The summed E-state index contributed by atoms with van der Waals surface area (Å²) in [4.78, 5) is 14.9. The van der Waals surface area contributed by atoms with Gasteiger partial charge < -0.3 is 18.8 Å². The van der Waals surface area contributed by atoms with E-state index in [1.54, 1.807) is 12.3 Å². The third kappa shape index (κ3) is 3.36. The van der Waals surface area contributed by atoms with Crippen LogP contribution in [0.4, 0.5) is 0 Å². The van der Waals surface area contributed by atoms with Crippen molar-refractivity contribution in [3.05, 3.63) is 23.7 Å². The average molecular weight is 347 g/mol. The maximum atomic E-state index is 12.9. The lowest BCUT2D eigenvalue weighted by Crippen LogP contribution is -2.58. The molecule has 0 N–H and O–H groups in total. The zero-order chi connectivity index (χ0) is 17.3. The van der Waals surface area contributed by atoms with Crippen LogP contribution in [0.25, 0.3) is 0 Å². The van der Waals surface area contributed by atoms with Gasteiger partial charge in [-0.25, -0.2) is 0 Å². The molecule has 0 spiro atoms. The molecule has 1 amide bonds. The van der Waals surface area contributed by atoms with E-state index in [0.29, 0.717) is 17.9 Å². The Morgan fingerprint density at radius 3 is 2.96 bits per heavy atom. The number of hydrogen-bond acceptors (Lipinski definition) is 4. The molecule has 5 nitrogen and oxygen atoms in total. The lowest BCUT2D eigenvalue weighted by molar-refractivity contribution is -0.150. The number of piperidine rings is 1. The molecule has 0 aromatic carbocycles.